The third-order valence-electron chi connectivity index (χ3n) is 5.02. The normalized spacial score (nSPS) is 14.1. The second-order valence-corrected chi connectivity index (χ2v) is 7.54. The molecule has 0 aliphatic carbocycles. The SMILES string of the molecule is CCC1=C(CC)N(c2c(-c3ccccc3)cccc2-c2ccccc2)[CH]S1. The number of para-hydroxylation sites is 1. The van der Waals surface area contributed by atoms with Gasteiger partial charge in [0.25, 0.3) is 0 Å². The molecule has 27 heavy (non-hydrogen) atoms. The first-order chi connectivity index (χ1) is 13.3. The first-order valence-corrected chi connectivity index (χ1v) is 10.5. The summed E-state index contributed by atoms with van der Waals surface area (Å²) in [6, 6.07) is 28.1. The topological polar surface area (TPSA) is 3.24 Å². The minimum Gasteiger partial charge on any atom is -0.327 e. The van der Waals surface area contributed by atoms with Crippen LogP contribution in [0.5, 0.6) is 0 Å². The van der Waals surface area contributed by atoms with Crippen molar-refractivity contribution >= 4 is 17.4 Å². The fourth-order valence-electron chi connectivity index (χ4n) is 3.73. The van der Waals surface area contributed by atoms with E-state index in [9.17, 15) is 0 Å². The van der Waals surface area contributed by atoms with Crippen molar-refractivity contribution in [1.82, 2.24) is 0 Å². The lowest BCUT2D eigenvalue weighted by atomic mass is 9.94. The average molecular weight is 371 g/mol. The third kappa shape index (κ3) is 3.42. The van der Waals surface area contributed by atoms with Gasteiger partial charge in [-0.25, -0.2) is 0 Å². The number of allylic oxidation sites excluding steroid dienone is 2. The average Bonchev–Trinajstić information content (AvgIpc) is 3.17. The second kappa shape index (κ2) is 8.06. The molecule has 0 amide bonds. The van der Waals surface area contributed by atoms with Crippen LogP contribution in [0.25, 0.3) is 22.3 Å². The molecule has 0 saturated carbocycles. The maximum atomic E-state index is 2.42. The predicted molar refractivity (Wildman–Crippen MR) is 119 cm³/mol. The number of hydrogen-bond donors (Lipinski definition) is 0. The van der Waals surface area contributed by atoms with Crippen molar-refractivity contribution in [3.63, 3.8) is 0 Å². The number of nitrogens with zero attached hydrogens (tertiary/aromatic N) is 1. The van der Waals surface area contributed by atoms with Gasteiger partial charge in [0.2, 0.25) is 0 Å². The van der Waals surface area contributed by atoms with Crippen LogP contribution >= 0.6 is 11.8 Å². The van der Waals surface area contributed by atoms with E-state index < -0.39 is 0 Å². The van der Waals surface area contributed by atoms with Gasteiger partial charge in [-0.15, -0.1) is 11.8 Å². The van der Waals surface area contributed by atoms with Crippen LogP contribution in [0, 0.1) is 5.88 Å². The Hall–Kier alpha value is -2.45. The first-order valence-electron chi connectivity index (χ1n) is 9.58. The van der Waals surface area contributed by atoms with Gasteiger partial charge in [0.15, 0.2) is 0 Å². The first kappa shape index (κ1) is 17.9. The van der Waals surface area contributed by atoms with Crippen LogP contribution in [0.3, 0.4) is 0 Å². The van der Waals surface area contributed by atoms with E-state index in [-0.39, 0.29) is 0 Å². The van der Waals surface area contributed by atoms with E-state index >= 15 is 0 Å². The van der Waals surface area contributed by atoms with Crippen molar-refractivity contribution in [3.8, 4) is 22.3 Å². The molecule has 0 spiro atoms. The maximum Gasteiger partial charge on any atom is 0.114 e. The fraction of sp³-hybridized carbons (Fsp3) is 0.160. The zero-order chi connectivity index (χ0) is 18.6. The van der Waals surface area contributed by atoms with Gasteiger partial charge in [0, 0.05) is 21.7 Å². The standard InChI is InChI=1S/C25H24NS/c1-3-23-24(4-2)27-18-26(23)25-21(19-12-7-5-8-13-19)16-11-17-22(25)20-14-9-6-10-15-20/h5-18H,3-4H2,1-2H3. The molecule has 0 fully saturated rings. The molecule has 1 aliphatic rings. The van der Waals surface area contributed by atoms with Crippen molar-refractivity contribution in [1.29, 1.82) is 0 Å². The summed E-state index contributed by atoms with van der Waals surface area (Å²) >= 11 is 1.87. The summed E-state index contributed by atoms with van der Waals surface area (Å²) in [5.74, 6) is 2.28. The van der Waals surface area contributed by atoms with Crippen LogP contribution < -0.4 is 4.90 Å². The second-order valence-electron chi connectivity index (χ2n) is 6.60. The molecule has 0 N–H and O–H groups in total. The molecule has 1 nitrogen and oxygen atoms in total. The van der Waals surface area contributed by atoms with Gasteiger partial charge in [0.1, 0.15) is 5.88 Å². The predicted octanol–water partition coefficient (Wildman–Crippen LogP) is 7.72. The van der Waals surface area contributed by atoms with Crippen molar-refractivity contribution in [3.05, 3.63) is 95.3 Å². The van der Waals surface area contributed by atoms with E-state index in [0.717, 1.165) is 12.8 Å². The number of benzene rings is 3. The molecule has 0 bridgehead atoms. The van der Waals surface area contributed by atoms with Crippen molar-refractivity contribution < 1.29 is 0 Å². The van der Waals surface area contributed by atoms with Crippen LogP contribution in [0.15, 0.2) is 89.5 Å². The van der Waals surface area contributed by atoms with Gasteiger partial charge in [-0.05, 0) is 24.0 Å². The molecule has 3 aromatic carbocycles. The van der Waals surface area contributed by atoms with Gasteiger partial charge in [-0.3, -0.25) is 0 Å². The summed E-state index contributed by atoms with van der Waals surface area (Å²) in [5.41, 5.74) is 7.76. The highest BCUT2D eigenvalue weighted by molar-refractivity contribution is 8.05. The Morgan fingerprint density at radius 1 is 0.667 bits per heavy atom. The van der Waals surface area contributed by atoms with E-state index in [1.54, 1.807) is 0 Å². The maximum absolute atomic E-state index is 2.42. The van der Waals surface area contributed by atoms with Crippen molar-refractivity contribution in [2.24, 2.45) is 0 Å². The monoisotopic (exact) mass is 370 g/mol. The summed E-state index contributed by atoms with van der Waals surface area (Å²) in [7, 11) is 0. The molecule has 3 aromatic rings. The molecule has 0 unspecified atom stereocenters. The Labute approximate surface area is 166 Å². The summed E-state index contributed by atoms with van der Waals surface area (Å²) < 4.78 is 0. The molecule has 0 atom stereocenters. The minimum atomic E-state index is 1.03. The Kier molecular flexibility index (Phi) is 5.35. The number of thioether (sulfide) groups is 1. The van der Waals surface area contributed by atoms with Gasteiger partial charge in [0.05, 0.1) is 5.69 Å². The highest BCUT2D eigenvalue weighted by Crippen LogP contribution is 2.48. The highest BCUT2D eigenvalue weighted by Gasteiger charge is 2.27. The summed E-state index contributed by atoms with van der Waals surface area (Å²) in [5, 5.41) is 0. The van der Waals surface area contributed by atoms with Crippen molar-refractivity contribution in [2.75, 3.05) is 4.90 Å². The molecule has 0 aromatic heterocycles. The molecule has 135 valence electrons. The molecule has 1 aliphatic heterocycles. The number of rotatable bonds is 5. The van der Waals surface area contributed by atoms with E-state index in [1.165, 1.54) is 38.5 Å². The van der Waals surface area contributed by atoms with E-state index in [2.05, 4.69) is 103 Å². The van der Waals surface area contributed by atoms with E-state index in [1.807, 2.05) is 11.8 Å². The summed E-state index contributed by atoms with van der Waals surface area (Å²) in [6.07, 6.45) is 2.11. The minimum absolute atomic E-state index is 1.03. The van der Waals surface area contributed by atoms with Crippen LogP contribution in [0.4, 0.5) is 5.69 Å². The van der Waals surface area contributed by atoms with E-state index in [0.29, 0.717) is 0 Å². The molecule has 4 rings (SSSR count). The Morgan fingerprint density at radius 2 is 1.22 bits per heavy atom. The lowest BCUT2D eigenvalue weighted by Crippen LogP contribution is -2.16. The van der Waals surface area contributed by atoms with Crippen LogP contribution in [-0.4, -0.2) is 0 Å². The van der Waals surface area contributed by atoms with E-state index in [4.69, 9.17) is 0 Å². The lowest BCUT2D eigenvalue weighted by Gasteiger charge is -2.27. The Bertz CT molecular complexity index is 887. The molecule has 0 saturated heterocycles. The molecular weight excluding hydrogens is 346 g/mol. The number of anilines is 1. The zero-order valence-corrected chi connectivity index (χ0v) is 16.7. The van der Waals surface area contributed by atoms with Gasteiger partial charge in [-0.1, -0.05) is 92.7 Å². The summed E-state index contributed by atoms with van der Waals surface area (Å²) in [6.45, 7) is 4.50. The van der Waals surface area contributed by atoms with Crippen LogP contribution in [-0.2, 0) is 0 Å². The molecular formula is C25H24NS. The van der Waals surface area contributed by atoms with Gasteiger partial charge in [-0.2, -0.15) is 0 Å². The highest BCUT2D eigenvalue weighted by atomic mass is 32.2. The lowest BCUT2D eigenvalue weighted by molar-refractivity contribution is 0.982. The zero-order valence-electron chi connectivity index (χ0n) is 15.9. The Morgan fingerprint density at radius 3 is 1.70 bits per heavy atom. The fourth-order valence-corrected chi connectivity index (χ4v) is 4.74. The van der Waals surface area contributed by atoms with Crippen LogP contribution in [0.1, 0.15) is 26.7 Å². The molecule has 2 heteroatoms. The number of hydrogen-bond acceptors (Lipinski definition) is 2. The third-order valence-corrected chi connectivity index (χ3v) is 6.14. The molecule has 1 radical (unpaired) electrons. The molecule has 1 heterocycles. The quantitative estimate of drug-likeness (QED) is 0.452. The van der Waals surface area contributed by atoms with Crippen LogP contribution in [0.2, 0.25) is 0 Å². The smallest absolute Gasteiger partial charge is 0.114 e. The summed E-state index contributed by atoms with van der Waals surface area (Å²) in [4.78, 5) is 3.90. The van der Waals surface area contributed by atoms with Gasteiger partial charge >= 0.3 is 0 Å². The van der Waals surface area contributed by atoms with Gasteiger partial charge < -0.3 is 4.90 Å². The Balaban J connectivity index is 1.96. The largest absolute Gasteiger partial charge is 0.327 e. The van der Waals surface area contributed by atoms with Crippen molar-refractivity contribution in [2.45, 2.75) is 26.7 Å².